The quantitative estimate of drug-likeness (QED) is 0.786. The molecule has 124 valence electrons. The van der Waals surface area contributed by atoms with Crippen molar-refractivity contribution in [2.24, 2.45) is 5.92 Å². The zero-order valence-corrected chi connectivity index (χ0v) is 14.2. The third-order valence-corrected chi connectivity index (χ3v) is 5.95. The van der Waals surface area contributed by atoms with E-state index in [1.165, 1.54) is 63.6 Å². The summed E-state index contributed by atoms with van der Waals surface area (Å²) in [6.07, 6.45) is 14.5. The molecule has 1 saturated heterocycles. The SMILES string of the molecule is C[C@H](NC(=O)CC1=CCCCC1)[C@H]1CCCN(C2CCC2)C1. The molecular formula is C19H32N2O. The van der Waals surface area contributed by atoms with Gasteiger partial charge in [0.1, 0.15) is 0 Å². The molecule has 2 aliphatic carbocycles. The first-order valence-electron chi connectivity index (χ1n) is 9.43. The van der Waals surface area contributed by atoms with Crippen LogP contribution in [0.25, 0.3) is 0 Å². The molecule has 3 rings (SSSR count). The number of allylic oxidation sites excluding steroid dienone is 1. The molecule has 1 N–H and O–H groups in total. The van der Waals surface area contributed by atoms with Crippen LogP contribution in [0.2, 0.25) is 0 Å². The van der Waals surface area contributed by atoms with Gasteiger partial charge in [0.2, 0.25) is 5.91 Å². The lowest BCUT2D eigenvalue weighted by atomic mass is 9.85. The van der Waals surface area contributed by atoms with Crippen LogP contribution in [-0.4, -0.2) is 36.0 Å². The second kappa shape index (κ2) is 7.63. The highest BCUT2D eigenvalue weighted by Crippen LogP contribution is 2.30. The number of carbonyl (C=O) groups is 1. The van der Waals surface area contributed by atoms with Crippen molar-refractivity contribution in [2.75, 3.05) is 13.1 Å². The highest BCUT2D eigenvalue weighted by molar-refractivity contribution is 5.78. The number of nitrogens with one attached hydrogen (secondary N) is 1. The zero-order chi connectivity index (χ0) is 15.4. The summed E-state index contributed by atoms with van der Waals surface area (Å²) in [7, 11) is 0. The number of amides is 1. The fourth-order valence-corrected chi connectivity index (χ4v) is 4.23. The highest BCUT2D eigenvalue weighted by atomic mass is 16.1. The molecule has 0 bridgehead atoms. The smallest absolute Gasteiger partial charge is 0.224 e. The molecule has 2 fully saturated rings. The van der Waals surface area contributed by atoms with Gasteiger partial charge in [0.05, 0.1) is 0 Å². The predicted octanol–water partition coefficient (Wildman–Crippen LogP) is 3.65. The average molecular weight is 304 g/mol. The standard InChI is InChI=1S/C19H32N2O/c1-15(20-19(22)13-16-7-3-2-4-8-16)17-9-6-12-21(14-17)18-10-5-11-18/h7,15,17-18H,2-6,8-14H2,1H3,(H,20,22)/t15-,17-/m0/s1. The Kier molecular flexibility index (Phi) is 5.56. The van der Waals surface area contributed by atoms with Gasteiger partial charge in [-0.2, -0.15) is 0 Å². The molecule has 1 amide bonds. The summed E-state index contributed by atoms with van der Waals surface area (Å²) in [5.74, 6) is 0.875. The largest absolute Gasteiger partial charge is 0.353 e. The molecule has 3 nitrogen and oxygen atoms in total. The van der Waals surface area contributed by atoms with Crippen LogP contribution in [0.1, 0.15) is 71.1 Å². The van der Waals surface area contributed by atoms with Gasteiger partial charge >= 0.3 is 0 Å². The Hall–Kier alpha value is -0.830. The van der Waals surface area contributed by atoms with Crippen LogP contribution in [0.3, 0.4) is 0 Å². The third kappa shape index (κ3) is 4.13. The van der Waals surface area contributed by atoms with Crippen LogP contribution in [0.15, 0.2) is 11.6 Å². The first kappa shape index (κ1) is 16.0. The maximum Gasteiger partial charge on any atom is 0.224 e. The van der Waals surface area contributed by atoms with Crippen molar-refractivity contribution >= 4 is 5.91 Å². The summed E-state index contributed by atoms with van der Waals surface area (Å²) in [5.41, 5.74) is 1.36. The number of hydrogen-bond donors (Lipinski definition) is 1. The molecule has 3 aliphatic rings. The van der Waals surface area contributed by atoms with Crippen LogP contribution in [0.5, 0.6) is 0 Å². The van der Waals surface area contributed by atoms with Crippen molar-refractivity contribution in [1.82, 2.24) is 10.2 Å². The second-order valence-corrected chi connectivity index (χ2v) is 7.62. The number of carbonyl (C=O) groups excluding carboxylic acids is 1. The Morgan fingerprint density at radius 1 is 1.27 bits per heavy atom. The number of rotatable bonds is 5. The van der Waals surface area contributed by atoms with Crippen LogP contribution < -0.4 is 5.32 Å². The molecule has 0 aromatic heterocycles. The maximum atomic E-state index is 12.3. The van der Waals surface area contributed by atoms with E-state index in [0.717, 1.165) is 18.9 Å². The fourth-order valence-electron chi connectivity index (χ4n) is 4.23. The number of likely N-dealkylation sites (tertiary alicyclic amines) is 1. The van der Waals surface area contributed by atoms with Gasteiger partial charge in [-0.15, -0.1) is 0 Å². The van der Waals surface area contributed by atoms with Gasteiger partial charge in [-0.3, -0.25) is 4.79 Å². The van der Waals surface area contributed by atoms with E-state index in [1.54, 1.807) is 0 Å². The molecule has 1 saturated carbocycles. The van der Waals surface area contributed by atoms with E-state index in [9.17, 15) is 4.79 Å². The molecule has 1 aliphatic heterocycles. The second-order valence-electron chi connectivity index (χ2n) is 7.62. The Balaban J connectivity index is 1.44. The Labute approximate surface area is 135 Å². The molecule has 0 aromatic rings. The molecule has 0 radical (unpaired) electrons. The van der Waals surface area contributed by atoms with E-state index >= 15 is 0 Å². The normalized spacial score (nSPS) is 28.6. The van der Waals surface area contributed by atoms with Gasteiger partial charge in [0, 0.05) is 25.0 Å². The van der Waals surface area contributed by atoms with E-state index in [-0.39, 0.29) is 5.91 Å². The minimum atomic E-state index is 0.237. The first-order chi connectivity index (χ1) is 10.7. The summed E-state index contributed by atoms with van der Waals surface area (Å²) < 4.78 is 0. The van der Waals surface area contributed by atoms with Gasteiger partial charge < -0.3 is 10.2 Å². The van der Waals surface area contributed by atoms with E-state index in [0.29, 0.717) is 18.4 Å². The van der Waals surface area contributed by atoms with Gasteiger partial charge in [-0.25, -0.2) is 0 Å². The Morgan fingerprint density at radius 3 is 2.82 bits per heavy atom. The van der Waals surface area contributed by atoms with Crippen LogP contribution in [0.4, 0.5) is 0 Å². The van der Waals surface area contributed by atoms with Crippen molar-refractivity contribution in [3.05, 3.63) is 11.6 Å². The molecule has 1 heterocycles. The average Bonchev–Trinajstić information content (AvgIpc) is 2.46. The van der Waals surface area contributed by atoms with Crippen molar-refractivity contribution in [1.29, 1.82) is 0 Å². The van der Waals surface area contributed by atoms with E-state index in [1.807, 2.05) is 0 Å². The van der Waals surface area contributed by atoms with Crippen molar-refractivity contribution in [2.45, 2.75) is 83.2 Å². The molecule has 0 unspecified atom stereocenters. The fraction of sp³-hybridized carbons (Fsp3) is 0.842. The number of piperidine rings is 1. The van der Waals surface area contributed by atoms with Gasteiger partial charge in [-0.05, 0) is 70.8 Å². The molecule has 22 heavy (non-hydrogen) atoms. The number of nitrogens with zero attached hydrogens (tertiary/aromatic N) is 1. The van der Waals surface area contributed by atoms with Crippen LogP contribution >= 0.6 is 0 Å². The minimum absolute atomic E-state index is 0.237. The molecule has 2 atom stereocenters. The maximum absolute atomic E-state index is 12.3. The summed E-state index contributed by atoms with van der Waals surface area (Å²) in [5, 5.41) is 3.29. The van der Waals surface area contributed by atoms with Crippen molar-refractivity contribution < 1.29 is 4.79 Å². The van der Waals surface area contributed by atoms with Crippen molar-refractivity contribution in [3.63, 3.8) is 0 Å². The highest BCUT2D eigenvalue weighted by Gasteiger charge is 2.31. The molecule has 0 aromatic carbocycles. The number of hydrogen-bond acceptors (Lipinski definition) is 2. The van der Waals surface area contributed by atoms with Crippen molar-refractivity contribution in [3.8, 4) is 0 Å². The first-order valence-corrected chi connectivity index (χ1v) is 9.43. The lowest BCUT2D eigenvalue weighted by Gasteiger charge is -2.43. The van der Waals surface area contributed by atoms with Crippen LogP contribution in [-0.2, 0) is 4.79 Å². The Morgan fingerprint density at radius 2 is 2.14 bits per heavy atom. The zero-order valence-electron chi connectivity index (χ0n) is 14.2. The summed E-state index contributed by atoms with van der Waals surface area (Å²) in [4.78, 5) is 15.0. The molecule has 0 spiro atoms. The summed E-state index contributed by atoms with van der Waals surface area (Å²) in [6, 6.07) is 1.16. The monoisotopic (exact) mass is 304 g/mol. The van der Waals surface area contributed by atoms with Crippen LogP contribution in [0, 0.1) is 5.92 Å². The lowest BCUT2D eigenvalue weighted by molar-refractivity contribution is -0.121. The molecular weight excluding hydrogens is 272 g/mol. The van der Waals surface area contributed by atoms with E-state index in [4.69, 9.17) is 0 Å². The van der Waals surface area contributed by atoms with Gasteiger partial charge in [0.15, 0.2) is 0 Å². The minimum Gasteiger partial charge on any atom is -0.353 e. The summed E-state index contributed by atoms with van der Waals surface area (Å²) in [6.45, 7) is 4.67. The lowest BCUT2D eigenvalue weighted by Crippen LogP contribution is -2.50. The third-order valence-electron chi connectivity index (χ3n) is 5.95. The Bertz CT molecular complexity index is 414. The molecule has 3 heteroatoms. The predicted molar refractivity (Wildman–Crippen MR) is 90.7 cm³/mol. The topological polar surface area (TPSA) is 32.3 Å². The van der Waals surface area contributed by atoms with Gasteiger partial charge in [-0.1, -0.05) is 18.1 Å². The van der Waals surface area contributed by atoms with E-state index in [2.05, 4.69) is 23.2 Å². The summed E-state index contributed by atoms with van der Waals surface area (Å²) >= 11 is 0. The van der Waals surface area contributed by atoms with E-state index < -0.39 is 0 Å². The van der Waals surface area contributed by atoms with Gasteiger partial charge in [0.25, 0.3) is 0 Å².